The highest BCUT2D eigenvalue weighted by Crippen LogP contribution is 2.20. The Kier molecular flexibility index (Phi) is 6.64. The minimum absolute atomic E-state index is 0.348. The predicted molar refractivity (Wildman–Crippen MR) is 98.3 cm³/mol. The number of aromatic nitrogens is 2. The van der Waals surface area contributed by atoms with Crippen LogP contribution in [0.2, 0.25) is 0 Å². The van der Waals surface area contributed by atoms with Crippen molar-refractivity contribution in [1.82, 2.24) is 15.5 Å². The van der Waals surface area contributed by atoms with E-state index in [4.69, 9.17) is 9.15 Å². The molecule has 0 bridgehead atoms. The maximum Gasteiger partial charge on any atom is 0.408 e. The van der Waals surface area contributed by atoms with Gasteiger partial charge < -0.3 is 14.5 Å². The summed E-state index contributed by atoms with van der Waals surface area (Å²) in [6.45, 7) is 7.19. The van der Waals surface area contributed by atoms with Crippen molar-refractivity contribution in [3.8, 4) is 0 Å². The molecule has 1 atom stereocenters. The van der Waals surface area contributed by atoms with Crippen molar-refractivity contribution < 1.29 is 13.9 Å². The number of rotatable bonds is 6. The van der Waals surface area contributed by atoms with Gasteiger partial charge in [-0.05, 0) is 33.3 Å². The summed E-state index contributed by atoms with van der Waals surface area (Å²) >= 11 is 1.44. The average Bonchev–Trinajstić information content (AvgIpc) is 3.00. The predicted octanol–water partition coefficient (Wildman–Crippen LogP) is 4.46. The number of ether oxygens (including phenoxy) is 1. The summed E-state index contributed by atoms with van der Waals surface area (Å²) in [5, 5.41) is 11.1. The summed E-state index contributed by atoms with van der Waals surface area (Å²) in [6.07, 6.45) is 3.56. The minimum Gasteiger partial charge on any atom is -0.444 e. The minimum atomic E-state index is -0.551. The standard InChI is InChI=1S/C18H23N3O3S/c1-13(19-16(22)24-18(2,3)4)15-20-21-17(23-15)25-12-8-11-14-9-6-5-7-10-14/h5-11,13H,12H2,1-4H3,(H,19,22)/t13-/m0/s1. The highest BCUT2D eigenvalue weighted by Gasteiger charge is 2.21. The van der Waals surface area contributed by atoms with E-state index in [0.717, 1.165) is 5.56 Å². The maximum absolute atomic E-state index is 11.8. The second-order valence-corrected chi connectivity index (χ2v) is 7.37. The van der Waals surface area contributed by atoms with Crippen LogP contribution in [0.5, 0.6) is 0 Å². The molecule has 1 heterocycles. The molecule has 1 N–H and O–H groups in total. The molecule has 134 valence electrons. The molecule has 0 spiro atoms. The molecular weight excluding hydrogens is 338 g/mol. The Morgan fingerprint density at radius 3 is 2.72 bits per heavy atom. The monoisotopic (exact) mass is 361 g/mol. The normalized spacial score (nSPS) is 13.0. The molecule has 0 unspecified atom stereocenters. The largest absolute Gasteiger partial charge is 0.444 e. The molecule has 7 heteroatoms. The van der Waals surface area contributed by atoms with E-state index in [1.807, 2.05) is 63.3 Å². The van der Waals surface area contributed by atoms with Crippen LogP contribution in [0.25, 0.3) is 6.08 Å². The summed E-state index contributed by atoms with van der Waals surface area (Å²) in [4.78, 5) is 11.8. The third-order valence-corrected chi connectivity index (χ3v) is 3.71. The lowest BCUT2D eigenvalue weighted by Gasteiger charge is -2.20. The van der Waals surface area contributed by atoms with Crippen molar-refractivity contribution in [2.24, 2.45) is 0 Å². The fourth-order valence-corrected chi connectivity index (χ4v) is 2.45. The number of nitrogens with zero attached hydrogens (tertiary/aromatic N) is 2. The molecule has 0 aliphatic heterocycles. The third kappa shape index (κ3) is 7.01. The van der Waals surface area contributed by atoms with E-state index in [-0.39, 0.29) is 0 Å². The van der Waals surface area contributed by atoms with Crippen LogP contribution in [0.4, 0.5) is 4.79 Å². The van der Waals surface area contributed by atoms with Crippen LogP contribution < -0.4 is 5.32 Å². The first-order valence-electron chi connectivity index (χ1n) is 8.01. The van der Waals surface area contributed by atoms with Crippen LogP contribution in [0.3, 0.4) is 0 Å². The smallest absolute Gasteiger partial charge is 0.408 e. The number of nitrogens with one attached hydrogen (secondary N) is 1. The molecule has 1 aromatic carbocycles. The van der Waals surface area contributed by atoms with Crippen LogP contribution in [0.1, 0.15) is 45.2 Å². The molecule has 6 nitrogen and oxygen atoms in total. The molecule has 1 aromatic heterocycles. The summed E-state index contributed by atoms with van der Waals surface area (Å²) in [5.74, 6) is 1.06. The second-order valence-electron chi connectivity index (χ2n) is 6.40. The molecule has 2 rings (SSSR count). The zero-order chi connectivity index (χ0) is 18.3. The molecule has 0 saturated heterocycles. The topological polar surface area (TPSA) is 77.2 Å². The first kappa shape index (κ1) is 19.1. The van der Waals surface area contributed by atoms with Gasteiger partial charge in [0.2, 0.25) is 5.89 Å². The molecule has 0 aliphatic rings. The Hall–Kier alpha value is -2.28. The Morgan fingerprint density at radius 2 is 2.04 bits per heavy atom. The molecule has 1 amide bonds. The van der Waals surface area contributed by atoms with Crippen molar-refractivity contribution >= 4 is 23.9 Å². The van der Waals surface area contributed by atoms with Crippen molar-refractivity contribution in [1.29, 1.82) is 0 Å². The van der Waals surface area contributed by atoms with Crippen LogP contribution >= 0.6 is 11.8 Å². The molecule has 2 aromatic rings. The number of hydrogen-bond donors (Lipinski definition) is 1. The Bertz CT molecular complexity index is 708. The van der Waals surface area contributed by atoms with E-state index < -0.39 is 17.7 Å². The lowest BCUT2D eigenvalue weighted by molar-refractivity contribution is 0.0500. The van der Waals surface area contributed by atoms with Gasteiger partial charge in [-0.25, -0.2) is 4.79 Å². The molecule has 0 fully saturated rings. The number of thioether (sulfide) groups is 1. The molecular formula is C18H23N3O3S. The maximum atomic E-state index is 11.8. The number of alkyl carbamates (subject to hydrolysis) is 1. The van der Waals surface area contributed by atoms with Crippen LogP contribution in [0.15, 0.2) is 46.0 Å². The molecule has 0 radical (unpaired) electrons. The van der Waals surface area contributed by atoms with E-state index in [0.29, 0.717) is 16.9 Å². The summed E-state index contributed by atoms with van der Waals surface area (Å²) in [5.41, 5.74) is 0.592. The van der Waals surface area contributed by atoms with Gasteiger partial charge in [0.1, 0.15) is 11.6 Å². The Morgan fingerprint density at radius 1 is 1.32 bits per heavy atom. The first-order valence-corrected chi connectivity index (χ1v) is 8.99. The first-order chi connectivity index (χ1) is 11.8. The van der Waals surface area contributed by atoms with Gasteiger partial charge in [0.05, 0.1) is 0 Å². The van der Waals surface area contributed by atoms with Crippen molar-refractivity contribution in [2.45, 2.75) is 44.6 Å². The fraction of sp³-hybridized carbons (Fsp3) is 0.389. The van der Waals surface area contributed by atoms with Crippen molar-refractivity contribution in [3.63, 3.8) is 0 Å². The van der Waals surface area contributed by atoms with E-state index in [1.54, 1.807) is 6.92 Å². The highest BCUT2D eigenvalue weighted by molar-refractivity contribution is 7.99. The van der Waals surface area contributed by atoms with Gasteiger partial charge in [-0.15, -0.1) is 10.2 Å². The van der Waals surface area contributed by atoms with Crippen LogP contribution in [-0.2, 0) is 4.74 Å². The highest BCUT2D eigenvalue weighted by atomic mass is 32.2. The zero-order valence-corrected chi connectivity index (χ0v) is 15.7. The SMILES string of the molecule is C[C@H](NC(=O)OC(C)(C)C)c1nnc(SCC=Cc2ccccc2)o1. The summed E-state index contributed by atoms with van der Waals surface area (Å²) in [6, 6.07) is 9.63. The van der Waals surface area contributed by atoms with Gasteiger partial charge in [0.15, 0.2) is 0 Å². The van der Waals surface area contributed by atoms with Crippen LogP contribution in [-0.4, -0.2) is 27.6 Å². The number of benzene rings is 1. The molecule has 0 saturated carbocycles. The third-order valence-electron chi connectivity index (χ3n) is 2.94. The van der Waals surface area contributed by atoms with Gasteiger partial charge in [-0.1, -0.05) is 54.2 Å². The van der Waals surface area contributed by atoms with Gasteiger partial charge in [-0.3, -0.25) is 0 Å². The number of hydrogen-bond acceptors (Lipinski definition) is 6. The lowest BCUT2D eigenvalue weighted by Crippen LogP contribution is -2.34. The summed E-state index contributed by atoms with van der Waals surface area (Å²) in [7, 11) is 0. The van der Waals surface area contributed by atoms with E-state index in [1.165, 1.54) is 11.8 Å². The number of carbonyl (C=O) groups excluding carboxylic acids is 1. The van der Waals surface area contributed by atoms with Gasteiger partial charge >= 0.3 is 6.09 Å². The van der Waals surface area contributed by atoms with Crippen LogP contribution in [0, 0.1) is 0 Å². The van der Waals surface area contributed by atoms with E-state index in [2.05, 4.69) is 15.5 Å². The van der Waals surface area contributed by atoms with E-state index in [9.17, 15) is 4.79 Å². The number of amides is 1. The molecule has 25 heavy (non-hydrogen) atoms. The quantitative estimate of drug-likeness (QED) is 0.765. The molecule has 0 aliphatic carbocycles. The van der Waals surface area contributed by atoms with Gasteiger partial charge in [-0.2, -0.15) is 0 Å². The Labute approximate surface area is 152 Å². The summed E-state index contributed by atoms with van der Waals surface area (Å²) < 4.78 is 10.8. The van der Waals surface area contributed by atoms with Crippen molar-refractivity contribution in [3.05, 3.63) is 47.9 Å². The second kappa shape index (κ2) is 8.71. The van der Waals surface area contributed by atoms with Gasteiger partial charge in [0.25, 0.3) is 5.22 Å². The van der Waals surface area contributed by atoms with E-state index >= 15 is 0 Å². The fourth-order valence-electron chi connectivity index (χ4n) is 1.87. The lowest BCUT2D eigenvalue weighted by atomic mass is 10.2. The zero-order valence-electron chi connectivity index (χ0n) is 14.9. The number of carbonyl (C=O) groups is 1. The average molecular weight is 361 g/mol. The van der Waals surface area contributed by atoms with Crippen molar-refractivity contribution in [2.75, 3.05) is 5.75 Å². The Balaban J connectivity index is 1.81. The van der Waals surface area contributed by atoms with Gasteiger partial charge in [0, 0.05) is 5.75 Å².